The summed E-state index contributed by atoms with van der Waals surface area (Å²) >= 11 is 17.6. The van der Waals surface area contributed by atoms with Gasteiger partial charge in [0.1, 0.15) is 5.56 Å². The van der Waals surface area contributed by atoms with Crippen molar-refractivity contribution in [3.8, 4) is 0 Å². The number of amides is 1. The van der Waals surface area contributed by atoms with Crippen molar-refractivity contribution < 1.29 is 9.72 Å². The molecule has 0 bridgehead atoms. The maximum Gasteiger partial charge on any atom is 0.287 e. The summed E-state index contributed by atoms with van der Waals surface area (Å²) in [5.74, 6) is -1.11. The van der Waals surface area contributed by atoms with E-state index in [2.05, 4.69) is 26.0 Å². The van der Waals surface area contributed by atoms with Crippen LogP contribution in [0.15, 0.2) is 81.9 Å². The van der Waals surface area contributed by atoms with Gasteiger partial charge in [0, 0.05) is 21.1 Å². The predicted octanol–water partition coefficient (Wildman–Crippen LogP) is 5.30. The van der Waals surface area contributed by atoms with Crippen LogP contribution in [0.1, 0.15) is 21.5 Å². The van der Waals surface area contributed by atoms with Crippen molar-refractivity contribution in [3.63, 3.8) is 0 Å². The maximum atomic E-state index is 12.7. The number of nitro groups is 1. The van der Waals surface area contributed by atoms with E-state index >= 15 is 0 Å². The van der Waals surface area contributed by atoms with Crippen molar-refractivity contribution in [1.29, 1.82) is 0 Å². The minimum Gasteiger partial charge on any atom is -0.266 e. The van der Waals surface area contributed by atoms with E-state index in [0.29, 0.717) is 10.0 Å². The highest BCUT2D eigenvalue weighted by Crippen LogP contribution is 2.23. The van der Waals surface area contributed by atoms with Gasteiger partial charge in [-0.3, -0.25) is 14.9 Å². The number of guanidine groups is 1. The second kappa shape index (κ2) is 11.9. The highest BCUT2D eigenvalue weighted by molar-refractivity contribution is 6.31. The lowest BCUT2D eigenvalue weighted by Gasteiger charge is -2.05. The van der Waals surface area contributed by atoms with Gasteiger partial charge in [-0.2, -0.15) is 15.2 Å². The van der Waals surface area contributed by atoms with Gasteiger partial charge < -0.3 is 0 Å². The Labute approximate surface area is 208 Å². The first-order valence-electron chi connectivity index (χ1n) is 9.48. The van der Waals surface area contributed by atoms with Crippen molar-refractivity contribution in [3.05, 3.63) is 109 Å². The van der Waals surface area contributed by atoms with E-state index in [1.807, 2.05) is 0 Å². The van der Waals surface area contributed by atoms with Gasteiger partial charge in [0.2, 0.25) is 5.96 Å². The second-order valence-corrected chi connectivity index (χ2v) is 7.84. The Hall–Kier alpha value is -3.79. The molecule has 0 heterocycles. The van der Waals surface area contributed by atoms with Crippen LogP contribution in [0.5, 0.6) is 0 Å². The summed E-state index contributed by atoms with van der Waals surface area (Å²) in [4.78, 5) is 27.2. The summed E-state index contributed by atoms with van der Waals surface area (Å²) < 4.78 is 0. The van der Waals surface area contributed by atoms with Crippen molar-refractivity contribution in [2.75, 3.05) is 0 Å². The Bertz CT molecular complexity index is 1220. The van der Waals surface area contributed by atoms with Crippen molar-refractivity contribution in [1.82, 2.24) is 10.9 Å². The summed E-state index contributed by atoms with van der Waals surface area (Å²) in [5.41, 5.74) is 5.83. The molecule has 0 aromatic heterocycles. The molecule has 0 aliphatic heterocycles. The molecule has 3 aromatic carbocycles. The molecule has 0 radical (unpaired) electrons. The third kappa shape index (κ3) is 7.38. The number of carbonyl (C=O) groups is 1. The molecule has 34 heavy (non-hydrogen) atoms. The van der Waals surface area contributed by atoms with E-state index in [-0.39, 0.29) is 16.5 Å². The number of nitro benzene ring substituents is 1. The van der Waals surface area contributed by atoms with Crippen molar-refractivity contribution in [2.24, 2.45) is 15.2 Å². The first kappa shape index (κ1) is 24.8. The summed E-state index contributed by atoms with van der Waals surface area (Å²) in [6.07, 6.45) is 2.92. The summed E-state index contributed by atoms with van der Waals surface area (Å²) in [6, 6.07) is 17.3. The Balaban J connectivity index is 1.85. The molecule has 0 fully saturated rings. The molecule has 0 unspecified atom stereocenters. The van der Waals surface area contributed by atoms with E-state index in [1.54, 1.807) is 48.5 Å². The summed E-state index contributed by atoms with van der Waals surface area (Å²) in [6.45, 7) is 0. The predicted molar refractivity (Wildman–Crippen MR) is 134 cm³/mol. The number of hydrogen-bond acceptors (Lipinski definition) is 5. The van der Waals surface area contributed by atoms with Crippen LogP contribution in [0, 0.1) is 10.1 Å². The van der Waals surface area contributed by atoms with Gasteiger partial charge in [-0.05, 0) is 47.5 Å². The molecule has 9 nitrogen and oxygen atoms in total. The van der Waals surface area contributed by atoms with E-state index < -0.39 is 16.5 Å². The fourth-order valence-corrected chi connectivity index (χ4v) is 2.93. The fourth-order valence-electron chi connectivity index (χ4n) is 2.51. The number of hydrazone groups is 2. The Kier molecular flexibility index (Phi) is 8.69. The minimum atomic E-state index is -0.924. The van der Waals surface area contributed by atoms with Gasteiger partial charge in [-0.15, -0.1) is 0 Å². The molecule has 2 N–H and O–H groups in total. The Morgan fingerprint density at radius 1 is 0.794 bits per heavy atom. The molecular weight excluding hydrogens is 503 g/mol. The zero-order valence-electron chi connectivity index (χ0n) is 17.2. The van der Waals surface area contributed by atoms with Gasteiger partial charge in [0.05, 0.1) is 17.4 Å². The van der Waals surface area contributed by atoms with E-state index in [0.717, 1.165) is 23.3 Å². The lowest BCUT2D eigenvalue weighted by atomic mass is 10.1. The third-order valence-electron chi connectivity index (χ3n) is 4.11. The van der Waals surface area contributed by atoms with Gasteiger partial charge in [0.15, 0.2) is 0 Å². The number of nitrogens with zero attached hydrogens (tertiary/aromatic N) is 4. The molecule has 0 aliphatic rings. The standard InChI is InChI=1S/C22H15Cl3N6O3/c23-16-5-1-14(2-6-16)12-26-29-22(30-27-13-15-3-7-17(24)8-4-15)28-21(32)19-11-18(25)9-10-20(19)31(33)34/h1-13H,(H2,28,29,30,32)/b26-12+,27-13+. The quantitative estimate of drug-likeness (QED) is 0.199. The average Bonchev–Trinajstić information content (AvgIpc) is 2.81. The summed E-state index contributed by atoms with van der Waals surface area (Å²) in [7, 11) is 0. The number of aliphatic imine (C=N–C) groups is 1. The van der Waals surface area contributed by atoms with Gasteiger partial charge in [0.25, 0.3) is 11.6 Å². The smallest absolute Gasteiger partial charge is 0.266 e. The van der Waals surface area contributed by atoms with Crippen molar-refractivity contribution in [2.45, 2.75) is 0 Å². The largest absolute Gasteiger partial charge is 0.287 e. The van der Waals surface area contributed by atoms with Crippen LogP contribution in [0.4, 0.5) is 5.69 Å². The van der Waals surface area contributed by atoms with Crippen molar-refractivity contribution >= 4 is 64.8 Å². The zero-order valence-corrected chi connectivity index (χ0v) is 19.4. The number of halogens is 3. The molecule has 172 valence electrons. The zero-order chi connectivity index (χ0) is 24.5. The molecule has 0 saturated heterocycles. The highest BCUT2D eigenvalue weighted by atomic mass is 35.5. The van der Waals surface area contributed by atoms with Crippen LogP contribution < -0.4 is 10.9 Å². The SMILES string of the molecule is O=C(N=C(N/N=C/c1ccc(Cl)cc1)N/N=C/c1ccc(Cl)cc1)c1cc(Cl)ccc1[N+](=O)[O-]. The number of hydrogen-bond donors (Lipinski definition) is 2. The molecule has 0 aliphatic carbocycles. The van der Waals surface area contributed by atoms with E-state index in [4.69, 9.17) is 34.8 Å². The molecule has 3 aromatic rings. The number of carbonyl (C=O) groups excluding carboxylic acids is 1. The Morgan fingerprint density at radius 2 is 1.26 bits per heavy atom. The third-order valence-corrected chi connectivity index (χ3v) is 4.85. The van der Waals surface area contributed by atoms with E-state index in [9.17, 15) is 14.9 Å². The van der Waals surface area contributed by atoms with Crippen LogP contribution in [-0.2, 0) is 0 Å². The van der Waals surface area contributed by atoms with Crippen LogP contribution in [0.2, 0.25) is 15.1 Å². The maximum absolute atomic E-state index is 12.7. The molecule has 0 atom stereocenters. The van der Waals surface area contributed by atoms with Gasteiger partial charge in [-0.25, -0.2) is 10.9 Å². The van der Waals surface area contributed by atoms with Crippen LogP contribution in [0.25, 0.3) is 0 Å². The number of nitrogens with one attached hydrogen (secondary N) is 2. The van der Waals surface area contributed by atoms with Crippen LogP contribution in [-0.4, -0.2) is 29.2 Å². The normalized spacial score (nSPS) is 10.9. The summed E-state index contributed by atoms with van der Waals surface area (Å²) in [5, 5.41) is 20.6. The first-order valence-corrected chi connectivity index (χ1v) is 10.6. The molecular formula is C22H15Cl3N6O3. The molecule has 1 amide bonds. The molecule has 3 rings (SSSR count). The lowest BCUT2D eigenvalue weighted by molar-refractivity contribution is -0.385. The minimum absolute atomic E-state index is 0.146. The molecule has 0 spiro atoms. The number of benzene rings is 3. The fraction of sp³-hybridized carbons (Fsp3) is 0. The average molecular weight is 518 g/mol. The molecule has 0 saturated carbocycles. The highest BCUT2D eigenvalue weighted by Gasteiger charge is 2.20. The van der Waals surface area contributed by atoms with Gasteiger partial charge in [-0.1, -0.05) is 59.1 Å². The Morgan fingerprint density at radius 3 is 1.74 bits per heavy atom. The second-order valence-electron chi connectivity index (χ2n) is 6.53. The molecule has 12 heteroatoms. The topological polar surface area (TPSA) is 121 Å². The lowest BCUT2D eigenvalue weighted by Crippen LogP contribution is -2.32. The monoisotopic (exact) mass is 516 g/mol. The first-order chi connectivity index (χ1) is 16.3. The van der Waals surface area contributed by atoms with Crippen LogP contribution >= 0.6 is 34.8 Å². The van der Waals surface area contributed by atoms with E-state index in [1.165, 1.54) is 18.5 Å². The van der Waals surface area contributed by atoms with Crippen LogP contribution in [0.3, 0.4) is 0 Å². The van der Waals surface area contributed by atoms with Gasteiger partial charge >= 0.3 is 0 Å². The number of rotatable bonds is 6.